The third kappa shape index (κ3) is 3.04. The summed E-state index contributed by atoms with van der Waals surface area (Å²) in [6, 6.07) is 13.0. The van der Waals surface area contributed by atoms with E-state index in [1.54, 1.807) is 18.2 Å². The summed E-state index contributed by atoms with van der Waals surface area (Å²) in [6.45, 7) is 2.72. The molecule has 0 aliphatic rings. The Hall–Kier alpha value is -2.82. The lowest BCUT2D eigenvalue weighted by atomic mass is 10.2. The zero-order chi connectivity index (χ0) is 16.2. The van der Waals surface area contributed by atoms with E-state index < -0.39 is 0 Å². The first-order valence-corrected chi connectivity index (χ1v) is 7.53. The molecule has 0 amide bonds. The standard InChI is InChI=1S/C18H18N2O3/c1-3-10-23-16-7-5-4-6-13(16)17-19-14-9-8-12(18(21)22-2)11-15(14)20-17/h4-9,11H,3,10H2,1-2H3,(H,19,20). The molecule has 1 N–H and O–H groups in total. The molecular formula is C18H18N2O3. The quantitative estimate of drug-likeness (QED) is 0.728. The summed E-state index contributed by atoms with van der Waals surface area (Å²) >= 11 is 0. The number of aromatic amines is 1. The van der Waals surface area contributed by atoms with Gasteiger partial charge in [0, 0.05) is 0 Å². The maximum absolute atomic E-state index is 11.6. The number of fused-ring (bicyclic) bond motifs is 1. The van der Waals surface area contributed by atoms with Crippen molar-refractivity contribution in [2.24, 2.45) is 0 Å². The van der Waals surface area contributed by atoms with E-state index in [1.807, 2.05) is 24.3 Å². The number of H-pyrrole nitrogens is 1. The largest absolute Gasteiger partial charge is 0.493 e. The molecule has 0 aliphatic heterocycles. The number of nitrogens with one attached hydrogen (secondary N) is 1. The third-order valence-electron chi connectivity index (χ3n) is 3.51. The summed E-state index contributed by atoms with van der Waals surface area (Å²) < 4.78 is 10.5. The van der Waals surface area contributed by atoms with E-state index in [0.717, 1.165) is 28.8 Å². The Morgan fingerprint density at radius 1 is 1.22 bits per heavy atom. The van der Waals surface area contributed by atoms with E-state index in [2.05, 4.69) is 16.9 Å². The van der Waals surface area contributed by atoms with Crippen LogP contribution in [0, 0.1) is 0 Å². The van der Waals surface area contributed by atoms with E-state index in [1.165, 1.54) is 7.11 Å². The molecule has 5 nitrogen and oxygen atoms in total. The number of imidazole rings is 1. The molecule has 0 aliphatic carbocycles. The van der Waals surface area contributed by atoms with Gasteiger partial charge < -0.3 is 14.5 Å². The second kappa shape index (κ2) is 6.52. The summed E-state index contributed by atoms with van der Waals surface area (Å²) in [5, 5.41) is 0. The van der Waals surface area contributed by atoms with Gasteiger partial charge in [0.1, 0.15) is 11.6 Å². The first-order chi connectivity index (χ1) is 11.2. The molecule has 0 fully saturated rings. The number of esters is 1. The average molecular weight is 310 g/mol. The van der Waals surface area contributed by atoms with E-state index in [0.29, 0.717) is 18.0 Å². The Morgan fingerprint density at radius 2 is 2.04 bits per heavy atom. The number of carbonyl (C=O) groups is 1. The highest BCUT2D eigenvalue weighted by molar-refractivity contribution is 5.94. The molecule has 3 aromatic rings. The highest BCUT2D eigenvalue weighted by atomic mass is 16.5. The molecule has 1 aromatic heterocycles. The summed E-state index contributed by atoms with van der Waals surface area (Å²) in [5.41, 5.74) is 2.97. The van der Waals surface area contributed by atoms with Crippen LogP contribution in [-0.2, 0) is 4.74 Å². The number of ether oxygens (including phenoxy) is 2. The molecule has 3 rings (SSSR count). The van der Waals surface area contributed by atoms with Gasteiger partial charge in [0.25, 0.3) is 0 Å². The summed E-state index contributed by atoms with van der Waals surface area (Å²) in [7, 11) is 1.37. The van der Waals surface area contributed by atoms with E-state index in [4.69, 9.17) is 9.47 Å². The van der Waals surface area contributed by atoms with Crippen LogP contribution in [0.15, 0.2) is 42.5 Å². The predicted molar refractivity (Wildman–Crippen MR) is 88.7 cm³/mol. The van der Waals surface area contributed by atoms with Crippen molar-refractivity contribution in [1.29, 1.82) is 0 Å². The van der Waals surface area contributed by atoms with Crippen LogP contribution in [0.3, 0.4) is 0 Å². The van der Waals surface area contributed by atoms with Crippen LogP contribution in [0.5, 0.6) is 5.75 Å². The van der Waals surface area contributed by atoms with Gasteiger partial charge in [-0.15, -0.1) is 0 Å². The zero-order valence-corrected chi connectivity index (χ0v) is 13.1. The van der Waals surface area contributed by atoms with Crippen LogP contribution < -0.4 is 4.74 Å². The fourth-order valence-corrected chi connectivity index (χ4v) is 2.38. The summed E-state index contributed by atoms with van der Waals surface area (Å²) in [4.78, 5) is 19.5. The van der Waals surface area contributed by atoms with Gasteiger partial charge in [-0.05, 0) is 36.8 Å². The van der Waals surface area contributed by atoms with Crippen molar-refractivity contribution in [3.8, 4) is 17.1 Å². The van der Waals surface area contributed by atoms with E-state index in [9.17, 15) is 4.79 Å². The number of para-hydroxylation sites is 1. The minimum absolute atomic E-state index is 0.366. The molecule has 0 radical (unpaired) electrons. The molecule has 0 bridgehead atoms. The number of hydrogen-bond acceptors (Lipinski definition) is 4. The van der Waals surface area contributed by atoms with Gasteiger partial charge in [0.2, 0.25) is 0 Å². The van der Waals surface area contributed by atoms with Gasteiger partial charge in [0.15, 0.2) is 0 Å². The van der Waals surface area contributed by atoms with Gasteiger partial charge in [-0.25, -0.2) is 9.78 Å². The highest BCUT2D eigenvalue weighted by Crippen LogP contribution is 2.29. The van der Waals surface area contributed by atoms with Crippen molar-refractivity contribution < 1.29 is 14.3 Å². The molecule has 5 heteroatoms. The van der Waals surface area contributed by atoms with Crippen LogP contribution in [0.4, 0.5) is 0 Å². The Balaban J connectivity index is 2.02. The molecule has 23 heavy (non-hydrogen) atoms. The molecule has 0 saturated heterocycles. The normalized spacial score (nSPS) is 10.7. The van der Waals surface area contributed by atoms with Crippen LogP contribution in [0.1, 0.15) is 23.7 Å². The molecule has 0 saturated carbocycles. The molecule has 0 atom stereocenters. The van der Waals surface area contributed by atoms with Crippen LogP contribution >= 0.6 is 0 Å². The van der Waals surface area contributed by atoms with E-state index in [-0.39, 0.29) is 5.97 Å². The monoisotopic (exact) mass is 310 g/mol. The number of nitrogens with zero attached hydrogens (tertiary/aromatic N) is 1. The van der Waals surface area contributed by atoms with Gasteiger partial charge in [-0.3, -0.25) is 0 Å². The summed E-state index contributed by atoms with van der Waals surface area (Å²) in [5.74, 6) is 1.14. The predicted octanol–water partition coefficient (Wildman–Crippen LogP) is 3.81. The van der Waals surface area contributed by atoms with Crippen LogP contribution in [0.2, 0.25) is 0 Å². The SMILES string of the molecule is CCCOc1ccccc1-c1nc2ccc(C(=O)OC)cc2[nH]1. The van der Waals surface area contributed by atoms with Crippen LogP contribution in [0.25, 0.3) is 22.4 Å². The molecule has 0 unspecified atom stereocenters. The van der Waals surface area contributed by atoms with E-state index >= 15 is 0 Å². The maximum Gasteiger partial charge on any atom is 0.337 e. The first-order valence-electron chi connectivity index (χ1n) is 7.53. The minimum atomic E-state index is -0.366. The number of hydrogen-bond donors (Lipinski definition) is 1. The van der Waals surface area contributed by atoms with Crippen molar-refractivity contribution in [3.63, 3.8) is 0 Å². The maximum atomic E-state index is 11.6. The lowest BCUT2D eigenvalue weighted by Gasteiger charge is -2.08. The van der Waals surface area contributed by atoms with Crippen molar-refractivity contribution in [2.75, 3.05) is 13.7 Å². The smallest absolute Gasteiger partial charge is 0.337 e. The second-order valence-electron chi connectivity index (χ2n) is 5.15. The Bertz CT molecular complexity index is 839. The number of carbonyl (C=O) groups excluding carboxylic acids is 1. The Kier molecular flexibility index (Phi) is 4.28. The van der Waals surface area contributed by atoms with Gasteiger partial charge in [-0.1, -0.05) is 19.1 Å². The number of aromatic nitrogens is 2. The highest BCUT2D eigenvalue weighted by Gasteiger charge is 2.12. The fourth-order valence-electron chi connectivity index (χ4n) is 2.38. The number of rotatable bonds is 5. The van der Waals surface area contributed by atoms with Crippen molar-refractivity contribution in [2.45, 2.75) is 13.3 Å². The molecular weight excluding hydrogens is 292 g/mol. The lowest BCUT2D eigenvalue weighted by molar-refractivity contribution is 0.0601. The molecule has 0 spiro atoms. The van der Waals surface area contributed by atoms with Gasteiger partial charge >= 0.3 is 5.97 Å². The topological polar surface area (TPSA) is 64.2 Å². The minimum Gasteiger partial charge on any atom is -0.493 e. The third-order valence-corrected chi connectivity index (χ3v) is 3.51. The Morgan fingerprint density at radius 3 is 2.83 bits per heavy atom. The van der Waals surface area contributed by atoms with Gasteiger partial charge in [-0.2, -0.15) is 0 Å². The second-order valence-corrected chi connectivity index (χ2v) is 5.15. The van der Waals surface area contributed by atoms with Crippen LogP contribution in [-0.4, -0.2) is 29.7 Å². The average Bonchev–Trinajstić information content (AvgIpc) is 3.02. The fraction of sp³-hybridized carbons (Fsp3) is 0.222. The molecule has 118 valence electrons. The van der Waals surface area contributed by atoms with Gasteiger partial charge in [0.05, 0.1) is 35.9 Å². The molecule has 1 heterocycles. The number of benzene rings is 2. The zero-order valence-electron chi connectivity index (χ0n) is 13.1. The Labute approximate surface area is 134 Å². The van der Waals surface area contributed by atoms with Crippen molar-refractivity contribution >= 4 is 17.0 Å². The number of methoxy groups -OCH3 is 1. The summed E-state index contributed by atoms with van der Waals surface area (Å²) in [6.07, 6.45) is 0.941. The lowest BCUT2D eigenvalue weighted by Crippen LogP contribution is -2.00. The first kappa shape index (κ1) is 15.1. The molecule has 2 aromatic carbocycles. The van der Waals surface area contributed by atoms with Crippen molar-refractivity contribution in [3.05, 3.63) is 48.0 Å². The van der Waals surface area contributed by atoms with Crippen molar-refractivity contribution in [1.82, 2.24) is 9.97 Å².